The monoisotopic (exact) mass is 549 g/mol. The van der Waals surface area contributed by atoms with E-state index in [1.807, 2.05) is 69.3 Å². The average Bonchev–Trinajstić information content (AvgIpc) is 3.58. The number of hydrogen-bond acceptors (Lipinski definition) is 4. The van der Waals surface area contributed by atoms with Gasteiger partial charge in [-0.3, -0.25) is 9.59 Å². The van der Waals surface area contributed by atoms with Crippen LogP contribution in [0.4, 0.5) is 4.79 Å². The van der Waals surface area contributed by atoms with Gasteiger partial charge in [0.25, 0.3) is 0 Å². The molecule has 5 atom stereocenters. The molecule has 3 amide bonds. The Bertz CT molecular complexity index is 1170. The molecule has 0 heterocycles. The second-order valence-electron chi connectivity index (χ2n) is 12.3. The fourth-order valence-corrected chi connectivity index (χ4v) is 5.17. The Morgan fingerprint density at radius 2 is 1.68 bits per heavy atom. The summed E-state index contributed by atoms with van der Waals surface area (Å²) in [6.45, 7) is 15.6. The van der Waals surface area contributed by atoms with E-state index in [2.05, 4.69) is 24.5 Å². The molecule has 1 fully saturated rings. The van der Waals surface area contributed by atoms with Crippen molar-refractivity contribution in [2.75, 3.05) is 0 Å². The average molecular weight is 550 g/mol. The van der Waals surface area contributed by atoms with E-state index < -0.39 is 23.8 Å². The van der Waals surface area contributed by atoms with Crippen molar-refractivity contribution in [3.63, 3.8) is 0 Å². The molecule has 1 saturated carbocycles. The van der Waals surface area contributed by atoms with Crippen molar-refractivity contribution >= 4 is 17.9 Å². The summed E-state index contributed by atoms with van der Waals surface area (Å²) in [7, 11) is 0. The van der Waals surface area contributed by atoms with Crippen molar-refractivity contribution in [1.29, 1.82) is 0 Å². The van der Waals surface area contributed by atoms with Gasteiger partial charge >= 0.3 is 6.09 Å². The zero-order valence-electron chi connectivity index (χ0n) is 25.4. The third-order valence-electron chi connectivity index (χ3n) is 7.53. The number of amides is 3. The largest absolute Gasteiger partial charge is 0.444 e. The minimum absolute atomic E-state index is 0.0290. The van der Waals surface area contributed by atoms with Crippen molar-refractivity contribution in [3.05, 3.63) is 70.8 Å². The molecule has 2 N–H and O–H groups in total. The number of hydrogen-bond donors (Lipinski definition) is 2. The Hall–Kier alpha value is -3.35. The summed E-state index contributed by atoms with van der Waals surface area (Å²) in [5.74, 6) is -0.234. The number of benzene rings is 2. The van der Waals surface area contributed by atoms with Crippen molar-refractivity contribution in [2.45, 2.75) is 111 Å². The Labute approximate surface area is 240 Å². The lowest BCUT2D eigenvalue weighted by molar-refractivity contribution is -0.143. The highest BCUT2D eigenvalue weighted by molar-refractivity contribution is 5.93. The molecule has 1 aliphatic rings. The maximum atomic E-state index is 14.6. The van der Waals surface area contributed by atoms with Crippen molar-refractivity contribution < 1.29 is 19.1 Å². The number of nitrogens with zero attached hydrogens (tertiary/aromatic N) is 1. The highest BCUT2D eigenvalue weighted by Gasteiger charge is 2.48. The predicted octanol–water partition coefficient (Wildman–Crippen LogP) is 6.02. The first-order chi connectivity index (χ1) is 18.8. The maximum absolute atomic E-state index is 14.6. The zero-order valence-corrected chi connectivity index (χ0v) is 25.4. The molecule has 0 spiro atoms. The summed E-state index contributed by atoms with van der Waals surface area (Å²) in [4.78, 5) is 43.3. The van der Waals surface area contributed by atoms with Crippen LogP contribution in [0.25, 0.3) is 0 Å². The van der Waals surface area contributed by atoms with Crippen LogP contribution in [0, 0.1) is 19.8 Å². The fraction of sp³-hybridized carbons (Fsp3) is 0.545. The van der Waals surface area contributed by atoms with Crippen LogP contribution < -0.4 is 10.6 Å². The lowest BCUT2D eigenvalue weighted by Gasteiger charge is -2.36. The molecule has 0 aliphatic heterocycles. The standard InChI is InChI=1S/C33H47N3O4/c1-9-14-23(4)34-30(37)29(26-18-13-15-21(2)24(26)5)36(28-19-22(28)3)31(38)27(20-25-16-11-10-12-17-25)35-32(39)40-33(6,7)8/h10-13,15-18,22-23,27-29H,9,14,19-20H2,1-8H3,(H,34,37)(H,35,39). The molecule has 218 valence electrons. The normalized spacial score (nSPS) is 18.7. The summed E-state index contributed by atoms with van der Waals surface area (Å²) in [6.07, 6.45) is 2.21. The summed E-state index contributed by atoms with van der Waals surface area (Å²) in [5.41, 5.74) is 3.04. The predicted molar refractivity (Wildman–Crippen MR) is 159 cm³/mol. The van der Waals surface area contributed by atoms with E-state index in [4.69, 9.17) is 4.74 Å². The van der Waals surface area contributed by atoms with Crippen LogP contribution in [-0.4, -0.2) is 46.5 Å². The van der Waals surface area contributed by atoms with E-state index >= 15 is 0 Å². The van der Waals surface area contributed by atoms with Crippen molar-refractivity contribution in [1.82, 2.24) is 15.5 Å². The first-order valence-corrected chi connectivity index (χ1v) is 14.5. The van der Waals surface area contributed by atoms with Gasteiger partial charge in [0.2, 0.25) is 11.8 Å². The van der Waals surface area contributed by atoms with Gasteiger partial charge in [-0.1, -0.05) is 68.8 Å². The smallest absolute Gasteiger partial charge is 0.408 e. The molecule has 3 rings (SSSR count). The third-order valence-corrected chi connectivity index (χ3v) is 7.53. The van der Waals surface area contributed by atoms with Gasteiger partial charge in [-0.05, 0) is 82.6 Å². The van der Waals surface area contributed by atoms with Crippen LogP contribution in [-0.2, 0) is 20.7 Å². The minimum Gasteiger partial charge on any atom is -0.444 e. The van der Waals surface area contributed by atoms with Gasteiger partial charge in [0.15, 0.2) is 0 Å². The lowest BCUT2D eigenvalue weighted by Crippen LogP contribution is -2.55. The van der Waals surface area contributed by atoms with Crippen molar-refractivity contribution in [2.24, 2.45) is 5.92 Å². The SMILES string of the molecule is CCCC(C)NC(=O)C(c1cccc(C)c1C)N(C(=O)C(Cc1ccccc1)NC(=O)OC(C)(C)C)C1CC1C. The molecule has 2 aromatic rings. The highest BCUT2D eigenvalue weighted by Crippen LogP contribution is 2.41. The first-order valence-electron chi connectivity index (χ1n) is 14.5. The van der Waals surface area contributed by atoms with E-state index in [1.54, 1.807) is 25.7 Å². The van der Waals surface area contributed by atoms with E-state index in [-0.39, 0.29) is 36.2 Å². The number of carbonyl (C=O) groups is 3. The number of rotatable bonds is 11. The minimum atomic E-state index is -0.904. The van der Waals surface area contributed by atoms with E-state index in [9.17, 15) is 14.4 Å². The van der Waals surface area contributed by atoms with E-state index in [1.165, 1.54) is 0 Å². The second kappa shape index (κ2) is 13.3. The quantitative estimate of drug-likeness (QED) is 0.359. The summed E-state index contributed by atoms with van der Waals surface area (Å²) >= 11 is 0. The molecular weight excluding hydrogens is 502 g/mol. The van der Waals surface area contributed by atoms with Gasteiger partial charge in [0.1, 0.15) is 17.7 Å². The van der Waals surface area contributed by atoms with Gasteiger partial charge in [-0.2, -0.15) is 0 Å². The fourth-order valence-electron chi connectivity index (χ4n) is 5.17. The molecule has 2 aromatic carbocycles. The molecule has 40 heavy (non-hydrogen) atoms. The summed E-state index contributed by atoms with van der Waals surface area (Å²) < 4.78 is 5.54. The van der Waals surface area contributed by atoms with Crippen LogP contribution in [0.3, 0.4) is 0 Å². The number of carbonyl (C=O) groups excluding carboxylic acids is 3. The molecule has 0 saturated heterocycles. The van der Waals surface area contributed by atoms with Crippen LogP contribution >= 0.6 is 0 Å². The van der Waals surface area contributed by atoms with E-state index in [0.29, 0.717) is 0 Å². The Kier molecular flexibility index (Phi) is 10.4. The summed E-state index contributed by atoms with van der Waals surface area (Å²) in [5, 5.41) is 6.02. The number of nitrogens with one attached hydrogen (secondary N) is 2. The number of ether oxygens (including phenoxy) is 1. The lowest BCUT2D eigenvalue weighted by atomic mass is 9.94. The van der Waals surface area contributed by atoms with Gasteiger partial charge < -0.3 is 20.3 Å². The topological polar surface area (TPSA) is 87.7 Å². The molecule has 0 aromatic heterocycles. The number of aryl methyl sites for hydroxylation is 1. The van der Waals surface area contributed by atoms with Gasteiger partial charge in [0, 0.05) is 18.5 Å². The highest BCUT2D eigenvalue weighted by atomic mass is 16.6. The molecule has 1 aliphatic carbocycles. The van der Waals surface area contributed by atoms with Gasteiger partial charge in [0.05, 0.1) is 0 Å². The zero-order chi connectivity index (χ0) is 29.6. The van der Waals surface area contributed by atoms with Crippen LogP contribution in [0.5, 0.6) is 0 Å². The number of alkyl carbamates (subject to hydrolysis) is 1. The molecule has 0 bridgehead atoms. The van der Waals surface area contributed by atoms with Crippen LogP contribution in [0.1, 0.15) is 89.1 Å². The maximum Gasteiger partial charge on any atom is 0.408 e. The van der Waals surface area contributed by atoms with Gasteiger partial charge in [-0.25, -0.2) is 4.79 Å². The van der Waals surface area contributed by atoms with Crippen LogP contribution in [0.2, 0.25) is 0 Å². The first kappa shape index (κ1) is 31.2. The third kappa shape index (κ3) is 8.33. The summed E-state index contributed by atoms with van der Waals surface area (Å²) in [6, 6.07) is 13.6. The van der Waals surface area contributed by atoms with Crippen LogP contribution in [0.15, 0.2) is 48.5 Å². The second-order valence-corrected chi connectivity index (χ2v) is 12.3. The molecule has 7 heteroatoms. The molecular formula is C33H47N3O4. The molecule has 0 radical (unpaired) electrons. The Morgan fingerprint density at radius 3 is 2.25 bits per heavy atom. The molecule has 7 nitrogen and oxygen atoms in total. The molecule has 5 unspecified atom stereocenters. The van der Waals surface area contributed by atoms with Crippen molar-refractivity contribution in [3.8, 4) is 0 Å². The Balaban J connectivity index is 2.07. The van der Waals surface area contributed by atoms with E-state index in [0.717, 1.165) is 41.5 Å². The Morgan fingerprint density at radius 1 is 1.02 bits per heavy atom. The van der Waals surface area contributed by atoms with Gasteiger partial charge in [-0.15, -0.1) is 0 Å².